The average Bonchev–Trinajstić information content (AvgIpc) is 3.06. The summed E-state index contributed by atoms with van der Waals surface area (Å²) >= 11 is 14.6. The minimum Gasteiger partial charge on any atom is -0.356 e. The summed E-state index contributed by atoms with van der Waals surface area (Å²) in [6.07, 6.45) is 0. The molecule has 0 bridgehead atoms. The van der Waals surface area contributed by atoms with Gasteiger partial charge in [0.1, 0.15) is 0 Å². The van der Waals surface area contributed by atoms with Crippen LogP contribution in [0.4, 0.5) is 10.8 Å². The van der Waals surface area contributed by atoms with Gasteiger partial charge in [-0.05, 0) is 23.8 Å². The van der Waals surface area contributed by atoms with Crippen molar-refractivity contribution in [3.63, 3.8) is 0 Å². The molecule has 2 N–H and O–H groups in total. The number of anilines is 2. The van der Waals surface area contributed by atoms with E-state index in [0.29, 0.717) is 22.3 Å². The van der Waals surface area contributed by atoms with Crippen LogP contribution < -0.4 is 10.6 Å². The van der Waals surface area contributed by atoms with Crippen molar-refractivity contribution in [1.29, 1.82) is 0 Å². The molecule has 5 nitrogen and oxygen atoms in total. The maximum atomic E-state index is 12.0. The number of benzene rings is 2. The van der Waals surface area contributed by atoms with Crippen LogP contribution in [0.1, 0.15) is 5.56 Å². The molecule has 0 atom stereocenters. The predicted molar refractivity (Wildman–Crippen MR) is 109 cm³/mol. The van der Waals surface area contributed by atoms with Gasteiger partial charge < -0.3 is 10.6 Å². The first kappa shape index (κ1) is 19.0. The molecule has 2 aromatic carbocycles. The third-order valence-corrected chi connectivity index (χ3v) is 5.62. The van der Waals surface area contributed by atoms with Crippen LogP contribution in [0, 0.1) is 0 Å². The smallest absolute Gasteiger partial charge is 0.234 e. The maximum absolute atomic E-state index is 12.0. The zero-order chi connectivity index (χ0) is 18.4. The SMILES string of the molecule is O=C(CSc1nnc(NCc2ccccc2)s1)Nc1cc(Cl)cc(Cl)c1. The minimum atomic E-state index is -0.165. The highest BCUT2D eigenvalue weighted by Crippen LogP contribution is 2.26. The zero-order valence-corrected chi connectivity index (χ0v) is 16.6. The molecule has 3 aromatic rings. The third kappa shape index (κ3) is 5.88. The van der Waals surface area contributed by atoms with Crippen molar-refractivity contribution < 1.29 is 4.79 Å². The number of carbonyl (C=O) groups excluding carboxylic acids is 1. The fraction of sp³-hybridized carbons (Fsp3) is 0.118. The molecule has 1 amide bonds. The van der Waals surface area contributed by atoms with Crippen LogP contribution in [-0.4, -0.2) is 21.9 Å². The van der Waals surface area contributed by atoms with E-state index in [4.69, 9.17) is 23.2 Å². The lowest BCUT2D eigenvalue weighted by Gasteiger charge is -2.05. The highest BCUT2D eigenvalue weighted by molar-refractivity contribution is 8.01. The van der Waals surface area contributed by atoms with Crippen molar-refractivity contribution in [3.8, 4) is 0 Å². The van der Waals surface area contributed by atoms with Gasteiger partial charge in [0.05, 0.1) is 5.75 Å². The molecule has 0 aliphatic rings. The summed E-state index contributed by atoms with van der Waals surface area (Å²) in [7, 11) is 0. The quantitative estimate of drug-likeness (QED) is 0.510. The van der Waals surface area contributed by atoms with E-state index in [1.807, 2.05) is 30.3 Å². The van der Waals surface area contributed by atoms with Crippen LogP contribution in [-0.2, 0) is 11.3 Å². The van der Waals surface area contributed by atoms with Crippen LogP contribution in [0.3, 0.4) is 0 Å². The number of rotatable bonds is 7. The molecule has 1 heterocycles. The largest absolute Gasteiger partial charge is 0.356 e. The number of hydrogen-bond donors (Lipinski definition) is 2. The fourth-order valence-electron chi connectivity index (χ4n) is 2.06. The Balaban J connectivity index is 1.47. The topological polar surface area (TPSA) is 66.9 Å². The number of amides is 1. The molecule has 26 heavy (non-hydrogen) atoms. The van der Waals surface area contributed by atoms with E-state index in [1.54, 1.807) is 18.2 Å². The number of carbonyl (C=O) groups is 1. The van der Waals surface area contributed by atoms with Crippen molar-refractivity contribution in [2.75, 3.05) is 16.4 Å². The average molecular weight is 425 g/mol. The fourth-order valence-corrected chi connectivity index (χ4v) is 4.14. The van der Waals surface area contributed by atoms with Crippen molar-refractivity contribution in [2.45, 2.75) is 10.9 Å². The lowest BCUT2D eigenvalue weighted by Crippen LogP contribution is -2.13. The van der Waals surface area contributed by atoms with Crippen LogP contribution in [0.2, 0.25) is 10.0 Å². The van der Waals surface area contributed by atoms with Crippen molar-refractivity contribution in [2.24, 2.45) is 0 Å². The van der Waals surface area contributed by atoms with E-state index in [1.165, 1.54) is 23.1 Å². The van der Waals surface area contributed by atoms with Crippen LogP contribution in [0.5, 0.6) is 0 Å². The molecule has 0 radical (unpaired) electrons. The summed E-state index contributed by atoms with van der Waals surface area (Å²) in [6.45, 7) is 0.677. The third-order valence-electron chi connectivity index (χ3n) is 3.17. The van der Waals surface area contributed by atoms with E-state index in [2.05, 4.69) is 20.8 Å². The number of hydrogen-bond acceptors (Lipinski definition) is 6. The second-order valence-electron chi connectivity index (χ2n) is 5.21. The number of nitrogens with zero attached hydrogens (tertiary/aromatic N) is 2. The standard InChI is InChI=1S/C17H14Cl2N4OS2/c18-12-6-13(19)8-14(7-12)21-15(24)10-25-17-23-22-16(26-17)20-9-11-4-2-1-3-5-11/h1-8H,9-10H2,(H,20,22)(H,21,24). The first-order valence-corrected chi connectivity index (χ1v) is 10.1. The van der Waals surface area contributed by atoms with E-state index in [0.717, 1.165) is 15.0 Å². The van der Waals surface area contributed by atoms with Gasteiger partial charge in [-0.2, -0.15) is 0 Å². The van der Waals surface area contributed by atoms with Gasteiger partial charge in [0.25, 0.3) is 0 Å². The van der Waals surface area contributed by atoms with Crippen molar-refractivity contribution in [1.82, 2.24) is 10.2 Å². The highest BCUT2D eigenvalue weighted by atomic mass is 35.5. The Morgan fingerprint density at radius 3 is 2.54 bits per heavy atom. The van der Waals surface area contributed by atoms with Gasteiger partial charge >= 0.3 is 0 Å². The zero-order valence-electron chi connectivity index (χ0n) is 13.4. The Labute approximate surface area is 169 Å². The second-order valence-corrected chi connectivity index (χ2v) is 8.28. The molecular formula is C17H14Cl2N4OS2. The van der Waals surface area contributed by atoms with Crippen molar-refractivity contribution >= 4 is 63.0 Å². The summed E-state index contributed by atoms with van der Waals surface area (Å²) < 4.78 is 0.722. The van der Waals surface area contributed by atoms with E-state index >= 15 is 0 Å². The Morgan fingerprint density at radius 2 is 1.81 bits per heavy atom. The summed E-state index contributed by atoms with van der Waals surface area (Å²) in [4.78, 5) is 12.0. The maximum Gasteiger partial charge on any atom is 0.234 e. The summed E-state index contributed by atoms with van der Waals surface area (Å²) in [5.74, 6) is 0.0552. The van der Waals surface area contributed by atoms with Gasteiger partial charge in [-0.25, -0.2) is 0 Å². The molecule has 1 aromatic heterocycles. The Kier molecular flexibility index (Phi) is 6.73. The first-order valence-electron chi connectivity index (χ1n) is 7.58. The molecule has 134 valence electrons. The van der Waals surface area contributed by atoms with Gasteiger partial charge in [0.15, 0.2) is 4.34 Å². The van der Waals surface area contributed by atoms with Crippen LogP contribution >= 0.6 is 46.3 Å². The minimum absolute atomic E-state index is 0.165. The number of nitrogens with one attached hydrogen (secondary N) is 2. The lowest BCUT2D eigenvalue weighted by atomic mass is 10.2. The van der Waals surface area contributed by atoms with Crippen molar-refractivity contribution in [3.05, 3.63) is 64.1 Å². The van der Waals surface area contributed by atoms with E-state index in [9.17, 15) is 4.79 Å². The second kappa shape index (κ2) is 9.23. The van der Waals surface area contributed by atoms with E-state index < -0.39 is 0 Å². The predicted octanol–water partition coefficient (Wildman–Crippen LogP) is 5.19. The summed E-state index contributed by atoms with van der Waals surface area (Å²) in [5, 5.41) is 15.8. The van der Waals surface area contributed by atoms with Gasteiger partial charge in [0, 0.05) is 22.3 Å². The first-order chi connectivity index (χ1) is 12.6. The molecular weight excluding hydrogens is 411 g/mol. The highest BCUT2D eigenvalue weighted by Gasteiger charge is 2.09. The Hall–Kier alpha value is -1.80. The monoisotopic (exact) mass is 424 g/mol. The number of aromatic nitrogens is 2. The molecule has 3 rings (SSSR count). The summed E-state index contributed by atoms with van der Waals surface area (Å²) in [6, 6.07) is 14.9. The Morgan fingerprint density at radius 1 is 1.08 bits per heavy atom. The molecule has 9 heteroatoms. The molecule has 0 saturated carbocycles. The van der Waals surface area contributed by atoms with Gasteiger partial charge in [-0.15, -0.1) is 10.2 Å². The summed E-state index contributed by atoms with van der Waals surface area (Å²) in [5.41, 5.74) is 1.73. The van der Waals surface area contributed by atoms with Gasteiger partial charge in [-0.1, -0.05) is 76.6 Å². The number of halogens is 2. The van der Waals surface area contributed by atoms with Gasteiger partial charge in [-0.3, -0.25) is 4.79 Å². The molecule has 0 saturated heterocycles. The molecule has 0 aliphatic carbocycles. The molecule has 0 aliphatic heterocycles. The molecule has 0 fully saturated rings. The Bertz CT molecular complexity index is 869. The molecule has 0 spiro atoms. The van der Waals surface area contributed by atoms with Crippen LogP contribution in [0.15, 0.2) is 52.9 Å². The number of thioether (sulfide) groups is 1. The normalized spacial score (nSPS) is 10.5. The lowest BCUT2D eigenvalue weighted by molar-refractivity contribution is -0.113. The molecule has 0 unspecified atom stereocenters. The van der Waals surface area contributed by atoms with E-state index in [-0.39, 0.29) is 11.7 Å². The van der Waals surface area contributed by atoms with Gasteiger partial charge in [0.2, 0.25) is 11.0 Å². The van der Waals surface area contributed by atoms with Crippen LogP contribution in [0.25, 0.3) is 0 Å².